The molecule has 0 saturated carbocycles. The Balaban J connectivity index is 2.39. The molecular formula is C12H12F4N2O3S. The molecule has 122 valence electrons. The first-order valence-electron chi connectivity index (χ1n) is 6.15. The average Bonchev–Trinajstić information content (AvgIpc) is 2.65. The number of amides is 1. The zero-order valence-electron chi connectivity index (χ0n) is 11.1. The minimum Gasteiger partial charge on any atom is -0.309 e. The first-order valence-corrected chi connectivity index (χ1v) is 7.87. The van der Waals surface area contributed by atoms with Crippen molar-refractivity contribution in [2.45, 2.75) is 12.6 Å². The van der Waals surface area contributed by atoms with E-state index >= 15 is 0 Å². The lowest BCUT2D eigenvalue weighted by molar-refractivity contribution is -0.137. The van der Waals surface area contributed by atoms with Gasteiger partial charge in [0.15, 0.2) is 0 Å². The molecule has 2 rings (SSSR count). The number of carbonyl (C=O) groups is 1. The lowest BCUT2D eigenvalue weighted by atomic mass is 10.1. The van der Waals surface area contributed by atoms with E-state index in [4.69, 9.17) is 5.14 Å². The summed E-state index contributed by atoms with van der Waals surface area (Å²) in [6.07, 6.45) is -5.14. The first-order chi connectivity index (χ1) is 9.99. The van der Waals surface area contributed by atoms with Gasteiger partial charge in [0.05, 0.1) is 17.0 Å². The van der Waals surface area contributed by atoms with Gasteiger partial charge in [-0.25, -0.2) is 17.9 Å². The highest BCUT2D eigenvalue weighted by Crippen LogP contribution is 2.40. The second-order valence-corrected chi connectivity index (χ2v) is 6.70. The smallest absolute Gasteiger partial charge is 0.309 e. The number of para-hydroxylation sites is 1. The van der Waals surface area contributed by atoms with E-state index in [9.17, 15) is 30.8 Å². The fourth-order valence-electron chi connectivity index (χ4n) is 2.46. The number of halogens is 4. The third-order valence-electron chi connectivity index (χ3n) is 3.24. The van der Waals surface area contributed by atoms with Crippen LogP contribution in [0.3, 0.4) is 0 Å². The molecule has 1 amide bonds. The Morgan fingerprint density at radius 1 is 1.32 bits per heavy atom. The maximum atomic E-state index is 13.8. The number of primary sulfonamides is 1. The molecule has 10 heteroatoms. The van der Waals surface area contributed by atoms with Crippen molar-refractivity contribution in [2.75, 3.05) is 17.2 Å². The third-order valence-corrected chi connectivity index (χ3v) is 4.17. The molecule has 5 nitrogen and oxygen atoms in total. The number of anilines is 1. The molecule has 2 N–H and O–H groups in total. The molecule has 1 aromatic carbocycles. The molecule has 1 aliphatic heterocycles. The Bertz CT molecular complexity index is 703. The summed E-state index contributed by atoms with van der Waals surface area (Å²) in [4.78, 5) is 12.5. The molecule has 1 unspecified atom stereocenters. The summed E-state index contributed by atoms with van der Waals surface area (Å²) in [5, 5.41) is 4.86. The Morgan fingerprint density at radius 2 is 1.95 bits per heavy atom. The SMILES string of the molecule is NS(=O)(=O)CC1CC(=O)N(c2c(F)cccc2C(F)(F)F)C1. The van der Waals surface area contributed by atoms with Gasteiger partial charge >= 0.3 is 6.18 Å². The van der Waals surface area contributed by atoms with Crippen LogP contribution in [0.1, 0.15) is 12.0 Å². The summed E-state index contributed by atoms with van der Waals surface area (Å²) in [5.74, 6) is -3.29. The van der Waals surface area contributed by atoms with Gasteiger partial charge in [-0.05, 0) is 12.1 Å². The quantitative estimate of drug-likeness (QED) is 0.847. The lowest BCUT2D eigenvalue weighted by Crippen LogP contribution is -2.30. The van der Waals surface area contributed by atoms with Crippen molar-refractivity contribution in [2.24, 2.45) is 11.1 Å². The average molecular weight is 340 g/mol. The summed E-state index contributed by atoms with van der Waals surface area (Å²) < 4.78 is 74.8. The van der Waals surface area contributed by atoms with Crippen LogP contribution in [-0.4, -0.2) is 26.6 Å². The van der Waals surface area contributed by atoms with Crippen LogP contribution in [0, 0.1) is 11.7 Å². The lowest BCUT2D eigenvalue weighted by Gasteiger charge is -2.22. The number of hydrogen-bond acceptors (Lipinski definition) is 3. The van der Waals surface area contributed by atoms with Gasteiger partial charge in [0.25, 0.3) is 0 Å². The number of alkyl halides is 3. The molecule has 0 radical (unpaired) electrons. The topological polar surface area (TPSA) is 80.5 Å². The predicted octanol–water partition coefficient (Wildman–Crippen LogP) is 1.49. The Hall–Kier alpha value is -1.68. The molecule has 1 fully saturated rings. The van der Waals surface area contributed by atoms with Crippen LogP contribution in [0.2, 0.25) is 0 Å². The third kappa shape index (κ3) is 3.55. The summed E-state index contributed by atoms with van der Waals surface area (Å²) >= 11 is 0. The van der Waals surface area contributed by atoms with Crippen molar-refractivity contribution in [1.29, 1.82) is 0 Å². The Morgan fingerprint density at radius 3 is 2.50 bits per heavy atom. The van der Waals surface area contributed by atoms with Gasteiger partial charge in [0.1, 0.15) is 5.82 Å². The molecule has 1 heterocycles. The van der Waals surface area contributed by atoms with Crippen LogP contribution in [0.4, 0.5) is 23.2 Å². The van der Waals surface area contributed by atoms with Crippen molar-refractivity contribution in [3.8, 4) is 0 Å². The molecule has 1 aliphatic rings. The molecular weight excluding hydrogens is 328 g/mol. The van der Waals surface area contributed by atoms with Crippen LogP contribution < -0.4 is 10.0 Å². The van der Waals surface area contributed by atoms with Crippen LogP contribution in [-0.2, 0) is 21.0 Å². The number of rotatable bonds is 3. The van der Waals surface area contributed by atoms with Crippen LogP contribution in [0.25, 0.3) is 0 Å². The number of sulfonamides is 1. The highest BCUT2D eigenvalue weighted by atomic mass is 32.2. The van der Waals surface area contributed by atoms with Crippen molar-refractivity contribution in [1.82, 2.24) is 0 Å². The van der Waals surface area contributed by atoms with Crippen LogP contribution in [0.5, 0.6) is 0 Å². The second-order valence-electron chi connectivity index (χ2n) is 5.04. The van der Waals surface area contributed by atoms with Crippen molar-refractivity contribution in [3.63, 3.8) is 0 Å². The van der Waals surface area contributed by atoms with E-state index in [2.05, 4.69) is 0 Å². The second kappa shape index (κ2) is 5.51. The molecule has 0 aromatic heterocycles. The van der Waals surface area contributed by atoms with E-state index in [0.29, 0.717) is 11.0 Å². The predicted molar refractivity (Wildman–Crippen MR) is 69.8 cm³/mol. The highest BCUT2D eigenvalue weighted by Gasteiger charge is 2.41. The van der Waals surface area contributed by atoms with Gasteiger partial charge in [0.2, 0.25) is 15.9 Å². The van der Waals surface area contributed by atoms with Crippen molar-refractivity contribution < 1.29 is 30.8 Å². The maximum Gasteiger partial charge on any atom is 0.418 e. The number of nitrogens with zero attached hydrogens (tertiary/aromatic N) is 1. The minimum atomic E-state index is -4.84. The monoisotopic (exact) mass is 340 g/mol. The van der Waals surface area contributed by atoms with E-state index in [-0.39, 0.29) is 13.0 Å². The van der Waals surface area contributed by atoms with E-state index in [1.807, 2.05) is 0 Å². The first kappa shape index (κ1) is 16.7. The molecule has 1 saturated heterocycles. The van der Waals surface area contributed by atoms with Crippen LogP contribution in [0.15, 0.2) is 18.2 Å². The van der Waals surface area contributed by atoms with Crippen molar-refractivity contribution >= 4 is 21.6 Å². The minimum absolute atomic E-state index is 0.304. The summed E-state index contributed by atoms with van der Waals surface area (Å²) in [7, 11) is -3.88. The molecule has 1 aromatic rings. The Kier molecular flexibility index (Phi) is 4.18. The number of carbonyl (C=O) groups excluding carboxylic acids is 1. The number of nitrogens with two attached hydrogens (primary N) is 1. The van der Waals surface area contributed by atoms with Gasteiger partial charge in [-0.15, -0.1) is 0 Å². The Labute approximate surface area is 123 Å². The van der Waals surface area contributed by atoms with Crippen LogP contribution >= 0.6 is 0 Å². The standard InChI is InChI=1S/C12H12F4N2O3S/c13-9-3-1-2-8(12(14,15)16)11(9)18-5-7(4-10(18)19)6-22(17,20)21/h1-3,7H,4-6H2,(H2,17,20,21). The molecule has 0 bridgehead atoms. The number of benzene rings is 1. The number of hydrogen-bond donors (Lipinski definition) is 1. The van der Waals surface area contributed by atoms with E-state index in [1.54, 1.807) is 0 Å². The van der Waals surface area contributed by atoms with E-state index in [1.165, 1.54) is 0 Å². The molecule has 1 atom stereocenters. The maximum absolute atomic E-state index is 13.8. The highest BCUT2D eigenvalue weighted by molar-refractivity contribution is 7.89. The zero-order chi connectivity index (χ0) is 16.7. The molecule has 0 aliphatic carbocycles. The molecule has 22 heavy (non-hydrogen) atoms. The van der Waals surface area contributed by atoms with Crippen molar-refractivity contribution in [3.05, 3.63) is 29.6 Å². The largest absolute Gasteiger partial charge is 0.418 e. The fourth-order valence-corrected chi connectivity index (χ4v) is 3.34. The van der Waals surface area contributed by atoms with Gasteiger partial charge in [-0.3, -0.25) is 4.79 Å². The van der Waals surface area contributed by atoms with E-state index < -0.39 is 50.8 Å². The van der Waals surface area contributed by atoms with Gasteiger partial charge in [-0.2, -0.15) is 13.2 Å². The normalized spacial score (nSPS) is 19.8. The van der Waals surface area contributed by atoms with E-state index in [0.717, 1.165) is 12.1 Å². The summed E-state index contributed by atoms with van der Waals surface area (Å²) in [6.45, 7) is -0.334. The summed E-state index contributed by atoms with van der Waals surface area (Å²) in [5.41, 5.74) is -2.16. The fraction of sp³-hybridized carbons (Fsp3) is 0.417. The summed E-state index contributed by atoms with van der Waals surface area (Å²) in [6, 6.07) is 2.37. The van der Waals surface area contributed by atoms with Gasteiger partial charge < -0.3 is 4.90 Å². The van der Waals surface area contributed by atoms with Gasteiger partial charge in [-0.1, -0.05) is 6.07 Å². The zero-order valence-corrected chi connectivity index (χ0v) is 11.9. The van der Waals surface area contributed by atoms with Gasteiger partial charge in [0, 0.05) is 18.9 Å². The molecule has 0 spiro atoms.